The molecule has 2 heteroatoms. The minimum atomic E-state index is -0.511. The Balaban J connectivity index is 3.29. The summed E-state index contributed by atoms with van der Waals surface area (Å²) in [5.74, 6) is -0.229. The predicted octanol–water partition coefficient (Wildman–Crippen LogP) is 2.71. The van der Waals surface area contributed by atoms with Gasteiger partial charge in [-0.3, -0.25) is 0 Å². The van der Waals surface area contributed by atoms with Crippen LogP contribution in [0.3, 0.4) is 0 Å². The van der Waals surface area contributed by atoms with E-state index >= 15 is 0 Å². The van der Waals surface area contributed by atoms with Crippen molar-refractivity contribution < 1.29 is 9.50 Å². The Morgan fingerprint density at radius 3 is 2.21 bits per heavy atom. The standard InChI is InChI=1S/C12H17FO/c1-8-5-10(12(3,4)7-14)11(13)6-9(8)2/h5-6,14H,7H2,1-4H3. The normalized spacial score (nSPS) is 11.9. The Morgan fingerprint density at radius 1 is 1.21 bits per heavy atom. The first-order valence-corrected chi connectivity index (χ1v) is 4.76. The second kappa shape index (κ2) is 3.70. The van der Waals surface area contributed by atoms with E-state index in [9.17, 15) is 4.39 Å². The highest BCUT2D eigenvalue weighted by Crippen LogP contribution is 2.27. The zero-order chi connectivity index (χ0) is 10.9. The van der Waals surface area contributed by atoms with Crippen LogP contribution in [-0.2, 0) is 5.41 Å². The molecule has 0 amide bonds. The number of benzene rings is 1. The van der Waals surface area contributed by atoms with Crippen molar-refractivity contribution in [2.75, 3.05) is 6.61 Å². The van der Waals surface area contributed by atoms with E-state index in [1.807, 2.05) is 33.8 Å². The van der Waals surface area contributed by atoms with Crippen LogP contribution in [0.4, 0.5) is 4.39 Å². The lowest BCUT2D eigenvalue weighted by atomic mass is 9.84. The molecule has 78 valence electrons. The number of hydrogen-bond acceptors (Lipinski definition) is 1. The van der Waals surface area contributed by atoms with Gasteiger partial charge in [-0.1, -0.05) is 19.9 Å². The van der Waals surface area contributed by atoms with Crippen LogP contribution in [0.2, 0.25) is 0 Å². The molecule has 1 rings (SSSR count). The molecule has 0 aliphatic heterocycles. The Kier molecular flexibility index (Phi) is 2.95. The number of halogens is 1. The summed E-state index contributed by atoms with van der Waals surface area (Å²) < 4.78 is 13.6. The SMILES string of the molecule is Cc1cc(F)c(C(C)(C)CO)cc1C. The second-order valence-electron chi connectivity index (χ2n) is 4.46. The van der Waals surface area contributed by atoms with Gasteiger partial charge < -0.3 is 5.11 Å². The van der Waals surface area contributed by atoms with E-state index in [4.69, 9.17) is 5.11 Å². The molecule has 0 aliphatic carbocycles. The Hall–Kier alpha value is -0.890. The van der Waals surface area contributed by atoms with Crippen LogP contribution in [0.15, 0.2) is 12.1 Å². The van der Waals surface area contributed by atoms with Crippen LogP contribution >= 0.6 is 0 Å². The molecular weight excluding hydrogens is 179 g/mol. The third-order valence-corrected chi connectivity index (χ3v) is 2.71. The largest absolute Gasteiger partial charge is 0.395 e. The van der Waals surface area contributed by atoms with Crippen molar-refractivity contribution in [1.29, 1.82) is 0 Å². The van der Waals surface area contributed by atoms with Gasteiger partial charge in [0.05, 0.1) is 6.61 Å². The van der Waals surface area contributed by atoms with E-state index in [0.717, 1.165) is 11.1 Å². The maximum absolute atomic E-state index is 13.6. The van der Waals surface area contributed by atoms with Crippen LogP contribution < -0.4 is 0 Å². The highest BCUT2D eigenvalue weighted by Gasteiger charge is 2.23. The summed E-state index contributed by atoms with van der Waals surface area (Å²) in [6, 6.07) is 3.35. The molecule has 0 fully saturated rings. The molecule has 0 saturated heterocycles. The van der Waals surface area contributed by atoms with E-state index in [2.05, 4.69) is 0 Å². The number of aliphatic hydroxyl groups excluding tert-OH is 1. The maximum Gasteiger partial charge on any atom is 0.127 e. The summed E-state index contributed by atoms with van der Waals surface area (Å²) in [5.41, 5.74) is 2.08. The van der Waals surface area contributed by atoms with Gasteiger partial charge in [-0.05, 0) is 36.6 Å². The Bertz CT molecular complexity index is 342. The third kappa shape index (κ3) is 1.95. The number of aliphatic hydroxyl groups is 1. The average Bonchev–Trinajstić information content (AvgIpc) is 2.11. The van der Waals surface area contributed by atoms with E-state index in [1.165, 1.54) is 6.07 Å². The Morgan fingerprint density at radius 2 is 1.71 bits per heavy atom. The fourth-order valence-corrected chi connectivity index (χ4v) is 1.38. The lowest BCUT2D eigenvalue weighted by molar-refractivity contribution is 0.215. The van der Waals surface area contributed by atoms with Gasteiger partial charge in [0.1, 0.15) is 5.82 Å². The smallest absolute Gasteiger partial charge is 0.127 e. The molecule has 0 saturated carbocycles. The zero-order valence-corrected chi connectivity index (χ0v) is 9.19. The first kappa shape index (κ1) is 11.2. The van der Waals surface area contributed by atoms with Crippen LogP contribution in [0.5, 0.6) is 0 Å². The highest BCUT2D eigenvalue weighted by atomic mass is 19.1. The predicted molar refractivity (Wildman–Crippen MR) is 56.0 cm³/mol. The summed E-state index contributed by atoms with van der Waals surface area (Å²) >= 11 is 0. The van der Waals surface area contributed by atoms with E-state index in [-0.39, 0.29) is 12.4 Å². The number of aryl methyl sites for hydroxylation is 2. The minimum Gasteiger partial charge on any atom is -0.395 e. The zero-order valence-electron chi connectivity index (χ0n) is 9.19. The molecule has 0 heterocycles. The van der Waals surface area contributed by atoms with E-state index in [1.54, 1.807) is 0 Å². The molecular formula is C12H17FO. The quantitative estimate of drug-likeness (QED) is 0.771. The fourth-order valence-electron chi connectivity index (χ4n) is 1.38. The molecule has 14 heavy (non-hydrogen) atoms. The molecule has 0 bridgehead atoms. The first-order chi connectivity index (χ1) is 6.38. The van der Waals surface area contributed by atoms with Crippen molar-refractivity contribution >= 4 is 0 Å². The summed E-state index contributed by atoms with van der Waals surface area (Å²) in [6.45, 7) is 7.45. The molecule has 0 aliphatic rings. The van der Waals surface area contributed by atoms with Crippen molar-refractivity contribution in [3.63, 3.8) is 0 Å². The van der Waals surface area contributed by atoms with Gasteiger partial charge in [-0.25, -0.2) is 4.39 Å². The Labute approximate surface area is 84.6 Å². The van der Waals surface area contributed by atoms with Gasteiger partial charge in [0.15, 0.2) is 0 Å². The molecule has 1 aromatic carbocycles. The average molecular weight is 196 g/mol. The van der Waals surface area contributed by atoms with Crippen LogP contribution in [0.1, 0.15) is 30.5 Å². The van der Waals surface area contributed by atoms with Crippen LogP contribution in [0.25, 0.3) is 0 Å². The van der Waals surface area contributed by atoms with E-state index in [0.29, 0.717) is 5.56 Å². The minimum absolute atomic E-state index is 0.0492. The van der Waals surface area contributed by atoms with Crippen molar-refractivity contribution in [1.82, 2.24) is 0 Å². The molecule has 0 atom stereocenters. The maximum atomic E-state index is 13.6. The van der Waals surface area contributed by atoms with Gasteiger partial charge in [0.25, 0.3) is 0 Å². The molecule has 1 N–H and O–H groups in total. The van der Waals surface area contributed by atoms with Gasteiger partial charge in [-0.15, -0.1) is 0 Å². The topological polar surface area (TPSA) is 20.2 Å². The molecule has 0 radical (unpaired) electrons. The number of hydrogen-bond donors (Lipinski definition) is 1. The third-order valence-electron chi connectivity index (χ3n) is 2.71. The summed E-state index contributed by atoms with van der Waals surface area (Å²) in [5, 5.41) is 9.17. The van der Waals surface area contributed by atoms with Crippen LogP contribution in [-0.4, -0.2) is 11.7 Å². The lowest BCUT2D eigenvalue weighted by Crippen LogP contribution is -2.23. The summed E-state index contributed by atoms with van der Waals surface area (Å²) in [7, 11) is 0. The van der Waals surface area contributed by atoms with Gasteiger partial charge in [0.2, 0.25) is 0 Å². The monoisotopic (exact) mass is 196 g/mol. The van der Waals surface area contributed by atoms with Gasteiger partial charge in [-0.2, -0.15) is 0 Å². The number of rotatable bonds is 2. The molecule has 1 aromatic rings. The van der Waals surface area contributed by atoms with Crippen molar-refractivity contribution in [3.8, 4) is 0 Å². The van der Waals surface area contributed by atoms with Gasteiger partial charge in [0, 0.05) is 5.41 Å². The fraction of sp³-hybridized carbons (Fsp3) is 0.500. The van der Waals surface area contributed by atoms with Gasteiger partial charge >= 0.3 is 0 Å². The highest BCUT2D eigenvalue weighted by molar-refractivity contribution is 5.35. The molecule has 0 unspecified atom stereocenters. The van der Waals surface area contributed by atoms with Crippen molar-refractivity contribution in [3.05, 3.63) is 34.6 Å². The molecule has 1 nitrogen and oxygen atoms in total. The first-order valence-electron chi connectivity index (χ1n) is 4.76. The van der Waals surface area contributed by atoms with Crippen molar-refractivity contribution in [2.45, 2.75) is 33.1 Å². The second-order valence-corrected chi connectivity index (χ2v) is 4.46. The van der Waals surface area contributed by atoms with Crippen molar-refractivity contribution in [2.24, 2.45) is 0 Å². The molecule has 0 aromatic heterocycles. The summed E-state index contributed by atoms with van der Waals surface area (Å²) in [4.78, 5) is 0. The summed E-state index contributed by atoms with van der Waals surface area (Å²) in [6.07, 6.45) is 0. The van der Waals surface area contributed by atoms with E-state index < -0.39 is 5.41 Å². The molecule has 0 spiro atoms. The van der Waals surface area contributed by atoms with Crippen LogP contribution in [0, 0.1) is 19.7 Å². The lowest BCUT2D eigenvalue weighted by Gasteiger charge is -2.23.